The largest absolute Gasteiger partial charge is 0.350 e. The van der Waals surface area contributed by atoms with Gasteiger partial charge in [0.05, 0.1) is 0 Å². The number of amides is 1. The van der Waals surface area contributed by atoms with Gasteiger partial charge in [-0.25, -0.2) is 0 Å². The van der Waals surface area contributed by atoms with Gasteiger partial charge in [0.1, 0.15) is 12.4 Å². The van der Waals surface area contributed by atoms with Gasteiger partial charge in [-0.05, 0) is 13.8 Å². The topological polar surface area (TPSA) is 47.6 Å². The minimum Gasteiger partial charge on any atom is -0.350 e. The molecule has 0 aliphatic carbocycles. The lowest BCUT2D eigenvalue weighted by Gasteiger charge is -2.26. The molecule has 0 aromatic carbocycles. The maximum atomic E-state index is 11.3. The number of nitrogens with one attached hydrogen (secondary N) is 1. The first-order chi connectivity index (χ1) is 5.08. The van der Waals surface area contributed by atoms with Crippen LogP contribution in [-0.2, 0) is 14.3 Å². The van der Waals surface area contributed by atoms with Crippen molar-refractivity contribution in [1.82, 2.24) is 5.32 Å². The molecule has 11 heavy (non-hydrogen) atoms. The van der Waals surface area contributed by atoms with Crippen molar-refractivity contribution in [3.8, 4) is 0 Å². The molecule has 0 aromatic heterocycles. The van der Waals surface area contributed by atoms with Crippen LogP contribution in [0.1, 0.15) is 13.8 Å². The maximum Gasteiger partial charge on any atom is 0.255 e. The molecule has 4 heteroatoms. The van der Waals surface area contributed by atoms with Crippen molar-refractivity contribution in [3.05, 3.63) is 0 Å². The Morgan fingerprint density at radius 1 is 1.45 bits per heavy atom. The van der Waals surface area contributed by atoms with Crippen LogP contribution in [0.25, 0.3) is 0 Å². The summed E-state index contributed by atoms with van der Waals surface area (Å²) < 4.78 is 10.6. The van der Waals surface area contributed by atoms with Crippen LogP contribution in [0, 0.1) is 0 Å². The molecule has 0 saturated carbocycles. The van der Waals surface area contributed by atoms with Gasteiger partial charge in [0.2, 0.25) is 0 Å². The van der Waals surface area contributed by atoms with Gasteiger partial charge in [-0.3, -0.25) is 4.79 Å². The van der Waals surface area contributed by atoms with Crippen molar-refractivity contribution < 1.29 is 14.3 Å². The average Bonchev–Trinajstić information content (AvgIpc) is 2.34. The van der Waals surface area contributed by atoms with Gasteiger partial charge >= 0.3 is 0 Å². The predicted molar refractivity (Wildman–Crippen MR) is 36.9 cm³/mol. The third-order valence-corrected chi connectivity index (χ3v) is 2.75. The number of ether oxygens (including phenoxy) is 2. The molecule has 0 aromatic rings. The second-order valence-corrected chi connectivity index (χ2v) is 3.35. The second kappa shape index (κ2) is 1.76. The second-order valence-electron chi connectivity index (χ2n) is 3.35. The average molecular weight is 157 g/mol. The lowest BCUT2D eigenvalue weighted by molar-refractivity contribution is -0.137. The van der Waals surface area contributed by atoms with Gasteiger partial charge in [0.25, 0.3) is 5.91 Å². The van der Waals surface area contributed by atoms with Gasteiger partial charge in [-0.15, -0.1) is 0 Å². The summed E-state index contributed by atoms with van der Waals surface area (Å²) in [6.07, 6.45) is 0. The number of carbonyl (C=O) groups excluding carboxylic acids is 1. The third kappa shape index (κ3) is 0.636. The molecule has 2 unspecified atom stereocenters. The fraction of sp³-hybridized carbons (Fsp3) is 0.857. The van der Waals surface area contributed by atoms with Crippen molar-refractivity contribution in [2.75, 3.05) is 13.3 Å². The quantitative estimate of drug-likeness (QED) is 0.522. The van der Waals surface area contributed by atoms with E-state index in [-0.39, 0.29) is 12.7 Å². The summed E-state index contributed by atoms with van der Waals surface area (Å²) in [7, 11) is 0. The van der Waals surface area contributed by atoms with Crippen molar-refractivity contribution in [2.24, 2.45) is 0 Å². The molecule has 0 bridgehead atoms. The minimum atomic E-state index is -0.771. The van der Waals surface area contributed by atoms with Crippen LogP contribution in [0.15, 0.2) is 0 Å². The molecular formula is C7H11NO3. The van der Waals surface area contributed by atoms with E-state index in [4.69, 9.17) is 9.47 Å². The minimum absolute atomic E-state index is 0.0718. The number of rotatable bonds is 0. The van der Waals surface area contributed by atoms with E-state index in [1.54, 1.807) is 6.92 Å². The molecule has 1 amide bonds. The van der Waals surface area contributed by atoms with Gasteiger partial charge in [0, 0.05) is 6.54 Å². The smallest absolute Gasteiger partial charge is 0.255 e. The van der Waals surface area contributed by atoms with Crippen LogP contribution in [0.4, 0.5) is 0 Å². The van der Waals surface area contributed by atoms with Gasteiger partial charge in [-0.1, -0.05) is 0 Å². The van der Waals surface area contributed by atoms with E-state index < -0.39 is 11.2 Å². The van der Waals surface area contributed by atoms with Crippen molar-refractivity contribution in [3.63, 3.8) is 0 Å². The Labute approximate surface area is 64.9 Å². The summed E-state index contributed by atoms with van der Waals surface area (Å²) in [6.45, 7) is 4.42. The molecule has 2 fully saturated rings. The zero-order valence-corrected chi connectivity index (χ0v) is 6.64. The summed E-state index contributed by atoms with van der Waals surface area (Å²) in [5.41, 5.74) is -1.24. The predicted octanol–water partition coefficient (Wildman–Crippen LogP) is -0.362. The summed E-state index contributed by atoms with van der Waals surface area (Å²) in [4.78, 5) is 11.3. The zero-order valence-electron chi connectivity index (χ0n) is 6.64. The number of carbonyl (C=O) groups is 1. The standard InChI is InChI=1S/C7H11NO3/c1-6-3-8-5(9)7(6,2)11-4-10-6/h3-4H2,1-2H3,(H,8,9). The molecule has 0 radical (unpaired) electrons. The van der Waals surface area contributed by atoms with Gasteiger partial charge < -0.3 is 14.8 Å². The Morgan fingerprint density at radius 3 is 2.82 bits per heavy atom. The molecular weight excluding hydrogens is 146 g/mol. The highest BCUT2D eigenvalue weighted by molar-refractivity contribution is 5.89. The lowest BCUT2D eigenvalue weighted by Crippen LogP contribution is -2.48. The van der Waals surface area contributed by atoms with Crippen LogP contribution in [-0.4, -0.2) is 30.4 Å². The SMILES string of the molecule is CC12CNC(=O)C1(C)OCO2. The Hall–Kier alpha value is -0.610. The van der Waals surface area contributed by atoms with Gasteiger partial charge in [0.15, 0.2) is 5.60 Å². The Kier molecular flexibility index (Phi) is 1.13. The monoisotopic (exact) mass is 157 g/mol. The first-order valence-corrected chi connectivity index (χ1v) is 3.65. The summed E-state index contributed by atoms with van der Waals surface area (Å²) in [5.74, 6) is -0.0718. The Bertz CT molecular complexity index is 218. The molecule has 0 spiro atoms. The number of hydrogen-bond donors (Lipinski definition) is 1. The summed E-state index contributed by atoms with van der Waals surface area (Å²) in [5, 5.41) is 2.71. The molecule has 1 N–H and O–H groups in total. The number of hydrogen-bond acceptors (Lipinski definition) is 3. The first kappa shape index (κ1) is 7.06. The van der Waals surface area contributed by atoms with Crippen LogP contribution in [0.5, 0.6) is 0 Å². The van der Waals surface area contributed by atoms with Crippen LogP contribution < -0.4 is 5.32 Å². The van der Waals surface area contributed by atoms with Crippen LogP contribution >= 0.6 is 0 Å². The van der Waals surface area contributed by atoms with Crippen molar-refractivity contribution in [2.45, 2.75) is 25.0 Å². The number of fused-ring (bicyclic) bond motifs is 1. The fourth-order valence-corrected chi connectivity index (χ4v) is 1.51. The first-order valence-electron chi connectivity index (χ1n) is 3.65. The summed E-state index contributed by atoms with van der Waals surface area (Å²) in [6, 6.07) is 0. The van der Waals surface area contributed by atoms with E-state index in [0.717, 1.165) is 0 Å². The third-order valence-electron chi connectivity index (χ3n) is 2.75. The van der Waals surface area contributed by atoms with E-state index >= 15 is 0 Å². The van der Waals surface area contributed by atoms with Crippen LogP contribution in [0.2, 0.25) is 0 Å². The van der Waals surface area contributed by atoms with E-state index in [9.17, 15) is 4.79 Å². The highest BCUT2D eigenvalue weighted by atomic mass is 16.7. The van der Waals surface area contributed by atoms with Crippen molar-refractivity contribution >= 4 is 5.91 Å². The van der Waals surface area contributed by atoms with E-state index in [0.29, 0.717) is 6.54 Å². The zero-order chi connectivity index (χ0) is 8.11. The molecule has 2 aliphatic rings. The molecule has 2 rings (SSSR count). The fourth-order valence-electron chi connectivity index (χ4n) is 1.51. The Balaban J connectivity index is 2.41. The molecule has 2 aliphatic heterocycles. The van der Waals surface area contributed by atoms with Crippen LogP contribution in [0.3, 0.4) is 0 Å². The molecule has 62 valence electrons. The van der Waals surface area contributed by atoms with E-state index in [1.807, 2.05) is 6.92 Å². The molecule has 2 saturated heterocycles. The highest BCUT2D eigenvalue weighted by Gasteiger charge is 2.61. The van der Waals surface area contributed by atoms with E-state index in [2.05, 4.69) is 5.32 Å². The summed E-state index contributed by atoms with van der Waals surface area (Å²) >= 11 is 0. The lowest BCUT2D eigenvalue weighted by atomic mass is 9.89. The Morgan fingerprint density at radius 2 is 2.18 bits per heavy atom. The normalized spacial score (nSPS) is 49.1. The molecule has 4 nitrogen and oxygen atoms in total. The maximum absolute atomic E-state index is 11.3. The highest BCUT2D eigenvalue weighted by Crippen LogP contribution is 2.38. The molecule has 2 atom stereocenters. The van der Waals surface area contributed by atoms with Gasteiger partial charge in [-0.2, -0.15) is 0 Å². The van der Waals surface area contributed by atoms with E-state index in [1.165, 1.54) is 0 Å². The molecule has 2 heterocycles. The van der Waals surface area contributed by atoms with Crippen molar-refractivity contribution in [1.29, 1.82) is 0 Å².